The number of aliphatic hydroxyl groups excluding tert-OH is 1. The van der Waals surface area contributed by atoms with Gasteiger partial charge in [0.15, 0.2) is 0 Å². The normalized spacial score (nSPS) is 13.2. The molecule has 1 aromatic carbocycles. The zero-order chi connectivity index (χ0) is 15.6. The third kappa shape index (κ3) is 3.67. The summed E-state index contributed by atoms with van der Waals surface area (Å²) in [7, 11) is -3.87. The maximum absolute atomic E-state index is 12.0. The van der Waals surface area contributed by atoms with Crippen LogP contribution < -0.4 is 10.5 Å². The molecule has 7 nitrogen and oxygen atoms in total. The number of primary amides is 1. The summed E-state index contributed by atoms with van der Waals surface area (Å²) in [5, 5.41) is 10.1. The van der Waals surface area contributed by atoms with Crippen molar-refractivity contribution in [1.29, 1.82) is 0 Å². The van der Waals surface area contributed by atoms with Gasteiger partial charge in [-0.1, -0.05) is 11.6 Å². The second-order valence-electron chi connectivity index (χ2n) is 4.26. The number of fused-ring (bicyclic) bond motifs is 1. The SMILES string of the molecule is NC(=O)C(O)CNS(=O)(=O)c1ccc2nc(Cl)ccc2c1. The molecule has 0 radical (unpaired) electrons. The summed E-state index contributed by atoms with van der Waals surface area (Å²) in [5.74, 6) is -1.00. The van der Waals surface area contributed by atoms with Crippen LogP contribution in [0.5, 0.6) is 0 Å². The molecule has 1 heterocycles. The Hall–Kier alpha value is -1.74. The molecular weight excluding hydrogens is 318 g/mol. The number of sulfonamides is 1. The van der Waals surface area contributed by atoms with Crippen LogP contribution in [-0.2, 0) is 14.8 Å². The van der Waals surface area contributed by atoms with Crippen LogP contribution in [0.4, 0.5) is 0 Å². The van der Waals surface area contributed by atoms with Gasteiger partial charge in [0.2, 0.25) is 15.9 Å². The minimum atomic E-state index is -3.87. The van der Waals surface area contributed by atoms with Gasteiger partial charge in [0.25, 0.3) is 0 Å². The number of rotatable bonds is 5. The maximum Gasteiger partial charge on any atom is 0.247 e. The molecule has 0 aliphatic heterocycles. The van der Waals surface area contributed by atoms with Gasteiger partial charge in [-0.25, -0.2) is 18.1 Å². The molecule has 0 aliphatic rings. The number of pyridine rings is 1. The molecule has 21 heavy (non-hydrogen) atoms. The first-order valence-corrected chi connectivity index (χ1v) is 7.69. The van der Waals surface area contributed by atoms with Gasteiger partial charge in [0.05, 0.1) is 10.4 Å². The lowest BCUT2D eigenvalue weighted by atomic mass is 10.2. The van der Waals surface area contributed by atoms with E-state index in [1.165, 1.54) is 18.2 Å². The van der Waals surface area contributed by atoms with Crippen LogP contribution in [0.25, 0.3) is 10.9 Å². The van der Waals surface area contributed by atoms with Crippen LogP contribution in [0.2, 0.25) is 5.15 Å². The second kappa shape index (κ2) is 5.94. The zero-order valence-corrected chi connectivity index (χ0v) is 12.2. The van der Waals surface area contributed by atoms with Gasteiger partial charge < -0.3 is 10.8 Å². The number of halogens is 1. The summed E-state index contributed by atoms with van der Waals surface area (Å²) in [6, 6.07) is 7.47. The number of nitrogens with two attached hydrogens (primary N) is 1. The number of hydrogen-bond acceptors (Lipinski definition) is 5. The summed E-state index contributed by atoms with van der Waals surface area (Å²) in [4.78, 5) is 14.7. The first kappa shape index (κ1) is 15.6. The third-order valence-corrected chi connectivity index (χ3v) is 4.36. The average Bonchev–Trinajstić information content (AvgIpc) is 2.44. The monoisotopic (exact) mass is 329 g/mol. The molecule has 9 heteroatoms. The maximum atomic E-state index is 12.0. The largest absolute Gasteiger partial charge is 0.382 e. The van der Waals surface area contributed by atoms with E-state index in [-0.39, 0.29) is 4.90 Å². The number of aromatic nitrogens is 1. The van der Waals surface area contributed by atoms with Gasteiger partial charge in [-0.15, -0.1) is 0 Å². The summed E-state index contributed by atoms with van der Waals surface area (Å²) in [5.41, 5.74) is 5.40. The molecule has 2 aromatic rings. The Morgan fingerprint density at radius 3 is 2.76 bits per heavy atom. The Labute approximate surface area is 125 Å². The Kier molecular flexibility index (Phi) is 4.43. The lowest BCUT2D eigenvalue weighted by Gasteiger charge is -2.10. The molecule has 112 valence electrons. The van der Waals surface area contributed by atoms with Crippen LogP contribution in [0.15, 0.2) is 35.2 Å². The van der Waals surface area contributed by atoms with Crippen molar-refractivity contribution >= 4 is 38.4 Å². The molecular formula is C12H12ClN3O4S. The highest BCUT2D eigenvalue weighted by atomic mass is 35.5. The number of amides is 1. The highest BCUT2D eigenvalue weighted by Crippen LogP contribution is 2.19. The standard InChI is InChI=1S/C12H12ClN3O4S/c13-11-4-1-7-5-8(2-3-9(7)16-11)21(19,20)15-6-10(17)12(14)18/h1-5,10,15,17H,6H2,(H2,14,18). The van der Waals surface area contributed by atoms with E-state index in [0.29, 0.717) is 16.1 Å². The minimum Gasteiger partial charge on any atom is -0.382 e. The van der Waals surface area contributed by atoms with E-state index in [1.54, 1.807) is 12.1 Å². The summed E-state index contributed by atoms with van der Waals surface area (Å²) >= 11 is 5.75. The van der Waals surface area contributed by atoms with E-state index < -0.39 is 28.6 Å². The number of aliphatic hydroxyl groups is 1. The molecule has 0 fully saturated rings. The van der Waals surface area contributed by atoms with Crippen molar-refractivity contribution in [2.24, 2.45) is 5.73 Å². The van der Waals surface area contributed by atoms with E-state index in [9.17, 15) is 18.3 Å². The van der Waals surface area contributed by atoms with Crippen molar-refractivity contribution in [3.05, 3.63) is 35.5 Å². The first-order chi connectivity index (χ1) is 9.79. The topological polar surface area (TPSA) is 122 Å². The summed E-state index contributed by atoms with van der Waals surface area (Å²) in [6.45, 7) is -0.491. The highest BCUT2D eigenvalue weighted by molar-refractivity contribution is 7.89. The van der Waals surface area contributed by atoms with Crippen molar-refractivity contribution in [1.82, 2.24) is 9.71 Å². The van der Waals surface area contributed by atoms with Crippen LogP contribution >= 0.6 is 11.6 Å². The lowest BCUT2D eigenvalue weighted by molar-refractivity contribution is -0.125. The summed E-state index contributed by atoms with van der Waals surface area (Å²) in [6.07, 6.45) is -1.58. The second-order valence-corrected chi connectivity index (χ2v) is 6.41. The Bertz CT molecular complexity index is 794. The number of nitrogens with one attached hydrogen (secondary N) is 1. The number of nitrogens with zero attached hydrogens (tertiary/aromatic N) is 1. The van der Waals surface area contributed by atoms with Crippen molar-refractivity contribution in [3.63, 3.8) is 0 Å². The molecule has 0 saturated heterocycles. The van der Waals surface area contributed by atoms with E-state index in [4.69, 9.17) is 17.3 Å². The van der Waals surface area contributed by atoms with E-state index in [2.05, 4.69) is 9.71 Å². The predicted octanol–water partition coefficient (Wildman–Crippen LogP) is 0.0127. The fourth-order valence-corrected chi connectivity index (χ4v) is 2.85. The van der Waals surface area contributed by atoms with Crippen molar-refractivity contribution in [2.45, 2.75) is 11.0 Å². The van der Waals surface area contributed by atoms with Crippen molar-refractivity contribution in [2.75, 3.05) is 6.54 Å². The molecule has 0 bridgehead atoms. The third-order valence-electron chi connectivity index (χ3n) is 2.73. The molecule has 1 unspecified atom stereocenters. The summed E-state index contributed by atoms with van der Waals surface area (Å²) < 4.78 is 26.2. The molecule has 1 amide bonds. The number of carbonyl (C=O) groups is 1. The van der Waals surface area contributed by atoms with Crippen LogP contribution in [0.1, 0.15) is 0 Å². The van der Waals surface area contributed by atoms with Crippen molar-refractivity contribution in [3.8, 4) is 0 Å². The number of hydrogen-bond donors (Lipinski definition) is 3. The number of carbonyl (C=O) groups excluding carboxylic acids is 1. The van der Waals surface area contributed by atoms with Gasteiger partial charge in [-0.2, -0.15) is 0 Å². The van der Waals surface area contributed by atoms with Crippen LogP contribution in [0.3, 0.4) is 0 Å². The fourth-order valence-electron chi connectivity index (χ4n) is 1.62. The smallest absolute Gasteiger partial charge is 0.247 e. The van der Waals surface area contributed by atoms with Gasteiger partial charge in [-0.05, 0) is 30.3 Å². The molecule has 0 aliphatic carbocycles. The van der Waals surface area contributed by atoms with Gasteiger partial charge >= 0.3 is 0 Å². The van der Waals surface area contributed by atoms with E-state index in [0.717, 1.165) is 0 Å². The Morgan fingerprint density at radius 2 is 2.10 bits per heavy atom. The van der Waals surface area contributed by atoms with E-state index in [1.807, 2.05) is 0 Å². The van der Waals surface area contributed by atoms with Gasteiger partial charge in [0.1, 0.15) is 11.3 Å². The molecule has 1 aromatic heterocycles. The van der Waals surface area contributed by atoms with Crippen LogP contribution in [-0.4, -0.2) is 37.1 Å². The average molecular weight is 330 g/mol. The predicted molar refractivity (Wildman–Crippen MR) is 77.1 cm³/mol. The quantitative estimate of drug-likeness (QED) is 0.667. The molecule has 0 saturated carbocycles. The fraction of sp³-hybridized carbons (Fsp3) is 0.167. The number of benzene rings is 1. The molecule has 2 rings (SSSR count). The molecule has 0 spiro atoms. The van der Waals surface area contributed by atoms with E-state index >= 15 is 0 Å². The zero-order valence-electron chi connectivity index (χ0n) is 10.7. The molecule has 4 N–H and O–H groups in total. The van der Waals surface area contributed by atoms with Gasteiger partial charge in [0, 0.05) is 11.9 Å². The van der Waals surface area contributed by atoms with Gasteiger partial charge in [-0.3, -0.25) is 4.79 Å². The Balaban J connectivity index is 2.28. The van der Waals surface area contributed by atoms with Crippen LogP contribution in [0, 0.1) is 0 Å². The van der Waals surface area contributed by atoms with Crippen molar-refractivity contribution < 1.29 is 18.3 Å². The first-order valence-electron chi connectivity index (χ1n) is 5.83. The Morgan fingerprint density at radius 1 is 1.38 bits per heavy atom. The highest BCUT2D eigenvalue weighted by Gasteiger charge is 2.18. The lowest BCUT2D eigenvalue weighted by Crippen LogP contribution is -2.39. The minimum absolute atomic E-state index is 0.0178. The molecule has 1 atom stereocenters.